The molecule has 0 spiro atoms. The quantitative estimate of drug-likeness (QED) is 0.569. The topological polar surface area (TPSA) is 61.8 Å². The number of nitrogens with one attached hydrogen (secondary N) is 1. The molecule has 0 aliphatic rings. The Morgan fingerprint density at radius 1 is 1.07 bits per heavy atom. The van der Waals surface area contributed by atoms with Gasteiger partial charge in [0, 0.05) is 26.2 Å². The Kier molecular flexibility index (Phi) is 8.42. The van der Waals surface area contributed by atoms with E-state index < -0.39 is 17.9 Å². The summed E-state index contributed by atoms with van der Waals surface area (Å²) < 4.78 is 20.7. The normalized spacial score (nSPS) is 12.7. The summed E-state index contributed by atoms with van der Waals surface area (Å²) in [5.41, 5.74) is 1.22. The number of alkyl halides is 1. The molecule has 1 amide bonds. The summed E-state index contributed by atoms with van der Waals surface area (Å²) in [7, 11) is 0. The predicted molar refractivity (Wildman–Crippen MR) is 108 cm³/mol. The number of rotatable bonds is 11. The van der Waals surface area contributed by atoms with Crippen LogP contribution in [0, 0.1) is 0 Å². The molecule has 2 rings (SSSR count). The molecule has 1 atom stereocenters. The minimum Gasteiger partial charge on any atom is -0.465 e. The van der Waals surface area contributed by atoms with Gasteiger partial charge < -0.3 is 15.2 Å². The minimum absolute atomic E-state index is 0.122. The van der Waals surface area contributed by atoms with Gasteiger partial charge in [0.2, 0.25) is 0 Å². The van der Waals surface area contributed by atoms with Gasteiger partial charge in [0.1, 0.15) is 6.17 Å². The van der Waals surface area contributed by atoms with Crippen LogP contribution >= 0.6 is 0 Å². The molecule has 152 valence electrons. The lowest BCUT2D eigenvalue weighted by atomic mass is 10.0. The molecular weight excluding hydrogens is 359 g/mol. The number of hydrogen-bond donors (Lipinski definition) is 2. The Bertz CT molecular complexity index is 669. The zero-order chi connectivity index (χ0) is 20.4. The number of benzene rings is 2. The van der Waals surface area contributed by atoms with Crippen molar-refractivity contribution >= 4 is 6.09 Å². The van der Waals surface area contributed by atoms with Crippen LogP contribution in [-0.2, 0) is 17.8 Å². The summed E-state index contributed by atoms with van der Waals surface area (Å²) in [6, 6.07) is 20.0. The van der Waals surface area contributed by atoms with Crippen molar-refractivity contribution in [3.63, 3.8) is 0 Å². The van der Waals surface area contributed by atoms with Gasteiger partial charge in [-0.05, 0) is 25.0 Å². The van der Waals surface area contributed by atoms with E-state index >= 15 is 4.39 Å². The lowest BCUT2D eigenvalue weighted by molar-refractivity contribution is -0.0784. The van der Waals surface area contributed by atoms with Crippen molar-refractivity contribution in [3.05, 3.63) is 71.8 Å². The van der Waals surface area contributed by atoms with Crippen LogP contribution in [0.25, 0.3) is 0 Å². The van der Waals surface area contributed by atoms with Crippen molar-refractivity contribution in [3.8, 4) is 0 Å². The van der Waals surface area contributed by atoms with Gasteiger partial charge in [0.05, 0.1) is 12.2 Å². The molecule has 0 saturated heterocycles. The fourth-order valence-corrected chi connectivity index (χ4v) is 2.88. The van der Waals surface area contributed by atoms with Gasteiger partial charge >= 0.3 is 6.09 Å². The Balaban J connectivity index is 1.99. The molecule has 0 aliphatic carbocycles. The molecule has 0 saturated carbocycles. The SMILES string of the molecule is CC(C)(OCCNC(=O)O)C(F)CN(Cc1ccccc1)Cc1ccccc1. The molecule has 0 aliphatic heterocycles. The van der Waals surface area contributed by atoms with E-state index in [0.29, 0.717) is 13.1 Å². The molecule has 0 aromatic heterocycles. The van der Waals surface area contributed by atoms with Gasteiger partial charge in [-0.25, -0.2) is 9.18 Å². The average molecular weight is 388 g/mol. The van der Waals surface area contributed by atoms with E-state index in [4.69, 9.17) is 9.84 Å². The molecule has 0 radical (unpaired) electrons. The van der Waals surface area contributed by atoms with E-state index in [0.717, 1.165) is 11.1 Å². The highest BCUT2D eigenvalue weighted by atomic mass is 19.1. The predicted octanol–water partition coefficient (Wildman–Crippen LogP) is 4.09. The highest BCUT2D eigenvalue weighted by Crippen LogP contribution is 2.21. The van der Waals surface area contributed by atoms with Crippen LogP contribution in [0.3, 0.4) is 0 Å². The monoisotopic (exact) mass is 388 g/mol. The highest BCUT2D eigenvalue weighted by molar-refractivity contribution is 5.64. The molecule has 0 heterocycles. The van der Waals surface area contributed by atoms with Crippen LogP contribution in [0.5, 0.6) is 0 Å². The summed E-state index contributed by atoms with van der Waals surface area (Å²) in [5.74, 6) is 0. The average Bonchev–Trinajstić information content (AvgIpc) is 2.66. The zero-order valence-electron chi connectivity index (χ0n) is 16.5. The van der Waals surface area contributed by atoms with Crippen LogP contribution in [0.2, 0.25) is 0 Å². The summed E-state index contributed by atoms with van der Waals surface area (Å²) in [6.07, 6.45) is -2.35. The van der Waals surface area contributed by atoms with Gasteiger partial charge in [-0.15, -0.1) is 0 Å². The van der Waals surface area contributed by atoms with Gasteiger partial charge in [0.25, 0.3) is 0 Å². The summed E-state index contributed by atoms with van der Waals surface area (Å²) in [4.78, 5) is 12.6. The van der Waals surface area contributed by atoms with Crippen LogP contribution in [0.4, 0.5) is 9.18 Å². The van der Waals surface area contributed by atoms with Gasteiger partial charge in [-0.2, -0.15) is 0 Å². The Hall–Kier alpha value is -2.44. The lowest BCUT2D eigenvalue weighted by Crippen LogP contribution is -2.45. The van der Waals surface area contributed by atoms with Crippen molar-refractivity contribution in [1.82, 2.24) is 10.2 Å². The summed E-state index contributed by atoms with van der Waals surface area (Å²) >= 11 is 0. The van der Waals surface area contributed by atoms with Crippen molar-refractivity contribution in [1.29, 1.82) is 0 Å². The zero-order valence-corrected chi connectivity index (χ0v) is 16.5. The smallest absolute Gasteiger partial charge is 0.404 e. The Morgan fingerprint density at radius 3 is 2.04 bits per heavy atom. The molecule has 5 nitrogen and oxygen atoms in total. The molecule has 0 fully saturated rings. The summed E-state index contributed by atoms with van der Waals surface area (Å²) in [6.45, 7) is 5.12. The third-order valence-electron chi connectivity index (χ3n) is 4.52. The Labute approximate surface area is 166 Å². The van der Waals surface area contributed by atoms with E-state index in [2.05, 4.69) is 10.2 Å². The molecule has 2 aromatic carbocycles. The van der Waals surface area contributed by atoms with E-state index in [1.165, 1.54) is 0 Å². The standard InChI is InChI=1S/C22H29FN2O3/c1-22(2,28-14-13-24-21(26)27)20(23)17-25(15-18-9-5-3-6-10-18)16-19-11-7-4-8-12-19/h3-12,20,24H,13-17H2,1-2H3,(H,26,27). The molecule has 6 heteroatoms. The second-order valence-corrected chi connectivity index (χ2v) is 7.29. The van der Waals surface area contributed by atoms with Gasteiger partial charge in [0.15, 0.2) is 0 Å². The lowest BCUT2D eigenvalue weighted by Gasteiger charge is -2.33. The molecule has 0 bridgehead atoms. The molecule has 28 heavy (non-hydrogen) atoms. The number of amides is 1. The van der Waals surface area contributed by atoms with Gasteiger partial charge in [-0.3, -0.25) is 4.90 Å². The second kappa shape index (κ2) is 10.8. The van der Waals surface area contributed by atoms with E-state index in [9.17, 15) is 4.79 Å². The third kappa shape index (κ3) is 7.66. The largest absolute Gasteiger partial charge is 0.465 e. The first-order valence-corrected chi connectivity index (χ1v) is 9.42. The van der Waals surface area contributed by atoms with Crippen LogP contribution in [0.1, 0.15) is 25.0 Å². The molecule has 2 aromatic rings. The molecular formula is C22H29FN2O3. The van der Waals surface area contributed by atoms with Crippen molar-refractivity contribution in [2.24, 2.45) is 0 Å². The number of nitrogens with zero attached hydrogens (tertiary/aromatic N) is 1. The first kappa shape index (κ1) is 21.9. The van der Waals surface area contributed by atoms with Crippen molar-refractivity contribution in [2.75, 3.05) is 19.7 Å². The minimum atomic E-state index is -1.23. The maximum absolute atomic E-state index is 15.1. The fourth-order valence-electron chi connectivity index (χ4n) is 2.88. The van der Waals surface area contributed by atoms with E-state index in [1.807, 2.05) is 60.7 Å². The second-order valence-electron chi connectivity index (χ2n) is 7.29. The maximum Gasteiger partial charge on any atom is 0.404 e. The first-order valence-electron chi connectivity index (χ1n) is 9.42. The third-order valence-corrected chi connectivity index (χ3v) is 4.52. The number of halogens is 1. The van der Waals surface area contributed by atoms with Crippen LogP contribution < -0.4 is 5.32 Å². The number of hydrogen-bond acceptors (Lipinski definition) is 3. The summed E-state index contributed by atoms with van der Waals surface area (Å²) in [5, 5.41) is 10.8. The van der Waals surface area contributed by atoms with Crippen LogP contribution in [0.15, 0.2) is 60.7 Å². The van der Waals surface area contributed by atoms with Crippen LogP contribution in [-0.4, -0.2) is 47.6 Å². The maximum atomic E-state index is 15.1. The first-order chi connectivity index (χ1) is 13.4. The van der Waals surface area contributed by atoms with Gasteiger partial charge in [-0.1, -0.05) is 60.7 Å². The number of ether oxygens (including phenoxy) is 1. The number of carboxylic acid groups (broad SMARTS) is 1. The van der Waals surface area contributed by atoms with Crippen molar-refractivity contribution in [2.45, 2.75) is 38.7 Å². The van der Waals surface area contributed by atoms with E-state index in [-0.39, 0.29) is 19.7 Å². The molecule has 2 N–H and O–H groups in total. The number of carbonyl (C=O) groups is 1. The fraction of sp³-hybridized carbons (Fsp3) is 0.409. The molecule has 1 unspecified atom stereocenters. The Morgan fingerprint density at radius 2 is 1.57 bits per heavy atom. The van der Waals surface area contributed by atoms with Crippen molar-refractivity contribution < 1.29 is 19.0 Å². The highest BCUT2D eigenvalue weighted by Gasteiger charge is 2.32. The van der Waals surface area contributed by atoms with E-state index in [1.54, 1.807) is 13.8 Å².